The maximum atomic E-state index is 12.2. The van der Waals surface area contributed by atoms with E-state index in [2.05, 4.69) is 10.1 Å². The van der Waals surface area contributed by atoms with Crippen molar-refractivity contribution >= 4 is 11.0 Å². The van der Waals surface area contributed by atoms with Gasteiger partial charge in [-0.2, -0.15) is 5.10 Å². The number of hydrogen-bond donors (Lipinski definition) is 0. The van der Waals surface area contributed by atoms with E-state index in [1.54, 1.807) is 28.8 Å². The number of rotatable bonds is 2. The van der Waals surface area contributed by atoms with Gasteiger partial charge in [0.05, 0.1) is 18.8 Å². The Hall–Kier alpha value is -1.69. The van der Waals surface area contributed by atoms with Gasteiger partial charge in [0.15, 0.2) is 5.65 Å². The Balaban J connectivity index is 1.92. The van der Waals surface area contributed by atoms with E-state index < -0.39 is 0 Å². The van der Waals surface area contributed by atoms with Gasteiger partial charge in [-0.25, -0.2) is 4.98 Å². The molecular formula is C12H16N4O2. The normalized spacial score (nSPS) is 20.4. The number of ether oxygens (including phenoxy) is 1. The molecule has 0 saturated carbocycles. The second-order valence-corrected chi connectivity index (χ2v) is 4.70. The Labute approximate surface area is 104 Å². The van der Waals surface area contributed by atoms with Gasteiger partial charge in [-0.3, -0.25) is 14.0 Å². The van der Waals surface area contributed by atoms with Crippen LogP contribution in [0.4, 0.5) is 0 Å². The molecule has 1 aliphatic heterocycles. The molecule has 0 amide bonds. The van der Waals surface area contributed by atoms with Crippen LogP contribution in [-0.2, 0) is 18.3 Å². The maximum absolute atomic E-state index is 12.2. The molecule has 0 aliphatic carbocycles. The predicted molar refractivity (Wildman–Crippen MR) is 66.4 cm³/mol. The highest BCUT2D eigenvalue weighted by Crippen LogP contribution is 2.14. The summed E-state index contributed by atoms with van der Waals surface area (Å²) in [7, 11) is 1.78. The molecule has 2 aromatic rings. The van der Waals surface area contributed by atoms with Gasteiger partial charge in [0.1, 0.15) is 11.7 Å². The number of fused-ring (bicyclic) bond motifs is 1. The van der Waals surface area contributed by atoms with Crippen LogP contribution in [0.25, 0.3) is 11.0 Å². The summed E-state index contributed by atoms with van der Waals surface area (Å²) >= 11 is 0. The molecule has 6 heteroatoms. The third-order valence-corrected chi connectivity index (χ3v) is 3.39. The smallest absolute Gasteiger partial charge is 0.264 e. The second-order valence-electron chi connectivity index (χ2n) is 4.70. The molecule has 1 aliphatic rings. The van der Waals surface area contributed by atoms with Crippen molar-refractivity contribution in [3.8, 4) is 0 Å². The zero-order valence-electron chi connectivity index (χ0n) is 10.4. The maximum Gasteiger partial charge on any atom is 0.264 e. The minimum Gasteiger partial charge on any atom is -0.376 e. The van der Waals surface area contributed by atoms with Crippen LogP contribution in [0.5, 0.6) is 0 Å². The summed E-state index contributed by atoms with van der Waals surface area (Å²) in [5, 5.41) is 4.62. The van der Waals surface area contributed by atoms with E-state index in [0.717, 1.165) is 19.4 Å². The molecule has 1 saturated heterocycles. The highest BCUT2D eigenvalue weighted by Gasteiger charge is 2.16. The summed E-state index contributed by atoms with van der Waals surface area (Å²) in [6.45, 7) is 1.37. The minimum absolute atomic E-state index is 0.0396. The van der Waals surface area contributed by atoms with Crippen molar-refractivity contribution in [1.29, 1.82) is 0 Å². The molecule has 1 unspecified atom stereocenters. The van der Waals surface area contributed by atoms with E-state index in [1.165, 1.54) is 6.42 Å². The second kappa shape index (κ2) is 4.53. The lowest BCUT2D eigenvalue weighted by atomic mass is 10.1. The Morgan fingerprint density at radius 3 is 3.17 bits per heavy atom. The first kappa shape index (κ1) is 11.4. The van der Waals surface area contributed by atoms with Gasteiger partial charge in [-0.05, 0) is 19.3 Å². The molecule has 6 nitrogen and oxygen atoms in total. The molecule has 1 atom stereocenters. The van der Waals surface area contributed by atoms with Gasteiger partial charge in [0.25, 0.3) is 5.56 Å². The average molecular weight is 248 g/mol. The molecule has 3 rings (SSSR count). The van der Waals surface area contributed by atoms with Crippen LogP contribution >= 0.6 is 0 Å². The van der Waals surface area contributed by atoms with Crippen molar-refractivity contribution in [1.82, 2.24) is 19.3 Å². The topological polar surface area (TPSA) is 61.9 Å². The molecule has 96 valence electrons. The van der Waals surface area contributed by atoms with Crippen LogP contribution in [-0.4, -0.2) is 32.0 Å². The van der Waals surface area contributed by atoms with Gasteiger partial charge >= 0.3 is 0 Å². The fraction of sp³-hybridized carbons (Fsp3) is 0.583. The first-order valence-corrected chi connectivity index (χ1v) is 6.24. The van der Waals surface area contributed by atoms with Crippen molar-refractivity contribution < 1.29 is 4.74 Å². The predicted octanol–water partition coefficient (Wildman–Crippen LogP) is 0.699. The van der Waals surface area contributed by atoms with Crippen molar-refractivity contribution in [2.75, 3.05) is 6.61 Å². The highest BCUT2D eigenvalue weighted by atomic mass is 16.5. The van der Waals surface area contributed by atoms with Crippen molar-refractivity contribution in [2.24, 2.45) is 7.05 Å². The van der Waals surface area contributed by atoms with E-state index in [1.807, 2.05) is 0 Å². The molecule has 18 heavy (non-hydrogen) atoms. The third-order valence-electron chi connectivity index (χ3n) is 3.39. The summed E-state index contributed by atoms with van der Waals surface area (Å²) in [4.78, 5) is 16.5. The van der Waals surface area contributed by atoms with Crippen LogP contribution in [0.3, 0.4) is 0 Å². The summed E-state index contributed by atoms with van der Waals surface area (Å²) in [6.07, 6.45) is 6.59. The Morgan fingerprint density at radius 1 is 1.50 bits per heavy atom. The third kappa shape index (κ3) is 1.92. The molecule has 0 N–H and O–H groups in total. The van der Waals surface area contributed by atoms with Crippen LogP contribution in [0.2, 0.25) is 0 Å². The highest BCUT2D eigenvalue weighted by molar-refractivity contribution is 5.72. The SMILES string of the molecule is Cn1ncc2c(=O)n(CC3CCCCO3)cnc21. The fourth-order valence-electron chi connectivity index (χ4n) is 2.37. The Bertz CT molecular complexity index is 610. The molecule has 0 spiro atoms. The molecule has 0 aromatic carbocycles. The van der Waals surface area contributed by atoms with Gasteiger partial charge in [-0.1, -0.05) is 0 Å². The zero-order valence-corrected chi connectivity index (χ0v) is 10.4. The molecule has 0 bridgehead atoms. The standard InChI is InChI=1S/C12H16N4O2/c1-15-11-10(6-14-15)12(17)16(8-13-11)7-9-4-2-3-5-18-9/h6,8-9H,2-5,7H2,1H3. The van der Waals surface area contributed by atoms with Crippen LogP contribution < -0.4 is 5.56 Å². The first-order chi connectivity index (χ1) is 8.75. The largest absolute Gasteiger partial charge is 0.376 e. The first-order valence-electron chi connectivity index (χ1n) is 6.24. The van der Waals surface area contributed by atoms with Crippen LogP contribution in [0, 0.1) is 0 Å². The quantitative estimate of drug-likeness (QED) is 0.785. The van der Waals surface area contributed by atoms with E-state index in [0.29, 0.717) is 17.6 Å². The molecule has 0 radical (unpaired) electrons. The van der Waals surface area contributed by atoms with Gasteiger partial charge in [0, 0.05) is 13.7 Å². The lowest BCUT2D eigenvalue weighted by Crippen LogP contribution is -2.30. The summed E-state index contributed by atoms with van der Waals surface area (Å²) in [5.74, 6) is 0. The molecule has 1 fully saturated rings. The van der Waals surface area contributed by atoms with E-state index in [9.17, 15) is 4.79 Å². The zero-order chi connectivity index (χ0) is 12.5. The molecule has 3 heterocycles. The fourth-order valence-corrected chi connectivity index (χ4v) is 2.37. The number of aromatic nitrogens is 4. The van der Waals surface area contributed by atoms with Crippen LogP contribution in [0.15, 0.2) is 17.3 Å². The summed E-state index contributed by atoms with van der Waals surface area (Å²) < 4.78 is 8.88. The van der Waals surface area contributed by atoms with Gasteiger partial charge in [0.2, 0.25) is 0 Å². The monoisotopic (exact) mass is 248 g/mol. The molecule has 2 aromatic heterocycles. The summed E-state index contributed by atoms with van der Waals surface area (Å²) in [6, 6.07) is 0. The number of aryl methyl sites for hydroxylation is 1. The lowest BCUT2D eigenvalue weighted by Gasteiger charge is -2.22. The van der Waals surface area contributed by atoms with Gasteiger partial charge < -0.3 is 4.74 Å². The lowest BCUT2D eigenvalue weighted by molar-refractivity contribution is 0.00535. The molecular weight excluding hydrogens is 232 g/mol. The number of nitrogens with zero attached hydrogens (tertiary/aromatic N) is 4. The summed E-state index contributed by atoms with van der Waals surface area (Å²) in [5.41, 5.74) is 0.586. The Kier molecular flexibility index (Phi) is 2.87. The van der Waals surface area contributed by atoms with Crippen molar-refractivity contribution in [3.05, 3.63) is 22.9 Å². The average Bonchev–Trinajstić information content (AvgIpc) is 2.77. The van der Waals surface area contributed by atoms with Crippen molar-refractivity contribution in [2.45, 2.75) is 31.9 Å². The van der Waals surface area contributed by atoms with Crippen molar-refractivity contribution in [3.63, 3.8) is 0 Å². The van der Waals surface area contributed by atoms with E-state index >= 15 is 0 Å². The van der Waals surface area contributed by atoms with Crippen LogP contribution in [0.1, 0.15) is 19.3 Å². The number of hydrogen-bond acceptors (Lipinski definition) is 4. The minimum atomic E-state index is -0.0396. The van der Waals surface area contributed by atoms with Gasteiger partial charge in [-0.15, -0.1) is 0 Å². The Morgan fingerprint density at radius 2 is 2.39 bits per heavy atom. The van der Waals surface area contributed by atoms with E-state index in [4.69, 9.17) is 4.74 Å². The van der Waals surface area contributed by atoms with E-state index in [-0.39, 0.29) is 11.7 Å².